The topological polar surface area (TPSA) is 116 Å². The lowest BCUT2D eigenvalue weighted by molar-refractivity contribution is -0.394. The quantitative estimate of drug-likeness (QED) is 0.665. The van der Waals surface area contributed by atoms with Crippen LogP contribution in [0.15, 0.2) is 18.6 Å². The minimum Gasteiger partial charge on any atom is -0.390 e. The normalized spacial score (nSPS) is 11.3. The SMILES string of the molecule is O=C(Cn1cnc([N+](=O)[O-])n1)Nc1ncc(C(F)(F)F)cc1Cl. The molecule has 0 aliphatic carbocycles. The number of hydrogen-bond acceptors (Lipinski definition) is 6. The zero-order chi connectivity index (χ0) is 17.2. The summed E-state index contributed by atoms with van der Waals surface area (Å²) in [5.41, 5.74) is -1.06. The second-order valence-electron chi connectivity index (χ2n) is 4.10. The Morgan fingerprint density at radius 2 is 2.13 bits per heavy atom. The van der Waals surface area contributed by atoms with E-state index in [1.807, 2.05) is 0 Å². The van der Waals surface area contributed by atoms with Crippen molar-refractivity contribution in [1.82, 2.24) is 19.7 Å². The second kappa shape index (κ2) is 6.16. The summed E-state index contributed by atoms with van der Waals surface area (Å²) in [7, 11) is 0. The molecule has 2 rings (SSSR count). The number of amides is 1. The van der Waals surface area contributed by atoms with Crippen molar-refractivity contribution in [2.24, 2.45) is 0 Å². The van der Waals surface area contributed by atoms with Crippen molar-refractivity contribution in [3.8, 4) is 0 Å². The smallest absolute Gasteiger partial charge is 0.390 e. The van der Waals surface area contributed by atoms with Gasteiger partial charge in [0.05, 0.1) is 10.6 Å². The molecule has 0 radical (unpaired) electrons. The van der Waals surface area contributed by atoms with Crippen LogP contribution in [0, 0.1) is 10.1 Å². The van der Waals surface area contributed by atoms with Gasteiger partial charge in [0, 0.05) is 11.3 Å². The van der Waals surface area contributed by atoms with Crippen molar-refractivity contribution in [2.45, 2.75) is 12.7 Å². The van der Waals surface area contributed by atoms with Crippen LogP contribution in [0.5, 0.6) is 0 Å². The molecule has 0 unspecified atom stereocenters. The first-order chi connectivity index (χ1) is 10.7. The Balaban J connectivity index is 2.06. The van der Waals surface area contributed by atoms with E-state index >= 15 is 0 Å². The van der Waals surface area contributed by atoms with Gasteiger partial charge in [-0.25, -0.2) is 4.98 Å². The minimum atomic E-state index is -4.61. The van der Waals surface area contributed by atoms with E-state index in [9.17, 15) is 28.1 Å². The standard InChI is InChI=1S/C10H6ClF3N6O3/c11-6-1-5(10(12,13)14)2-15-8(6)17-7(21)3-19-4-16-9(18-19)20(22)23/h1-2,4H,3H2,(H,15,17,21). The summed E-state index contributed by atoms with van der Waals surface area (Å²) in [5.74, 6) is -1.72. The summed E-state index contributed by atoms with van der Waals surface area (Å²) in [4.78, 5) is 28.0. The van der Waals surface area contributed by atoms with Gasteiger partial charge in [-0.2, -0.15) is 17.9 Å². The van der Waals surface area contributed by atoms with E-state index in [-0.39, 0.29) is 5.82 Å². The van der Waals surface area contributed by atoms with Gasteiger partial charge < -0.3 is 15.4 Å². The van der Waals surface area contributed by atoms with Crippen LogP contribution in [0.3, 0.4) is 0 Å². The van der Waals surface area contributed by atoms with E-state index in [1.54, 1.807) is 0 Å². The first-order valence-corrected chi connectivity index (χ1v) is 6.11. The molecule has 2 heterocycles. The van der Waals surface area contributed by atoms with Crippen LogP contribution in [0.2, 0.25) is 5.02 Å². The van der Waals surface area contributed by atoms with Crippen molar-refractivity contribution < 1.29 is 22.9 Å². The Morgan fingerprint density at radius 1 is 1.43 bits per heavy atom. The minimum absolute atomic E-state index is 0.278. The van der Waals surface area contributed by atoms with E-state index in [1.165, 1.54) is 0 Å². The van der Waals surface area contributed by atoms with Crippen molar-refractivity contribution in [2.75, 3.05) is 5.32 Å². The molecule has 122 valence electrons. The molecule has 9 nitrogen and oxygen atoms in total. The Kier molecular flexibility index (Phi) is 4.45. The van der Waals surface area contributed by atoms with Gasteiger partial charge in [-0.05, 0) is 11.0 Å². The summed E-state index contributed by atoms with van der Waals surface area (Å²) in [6.45, 7) is -0.458. The molecular formula is C10H6ClF3N6O3. The van der Waals surface area contributed by atoms with Crippen molar-refractivity contribution in [3.63, 3.8) is 0 Å². The highest BCUT2D eigenvalue weighted by Gasteiger charge is 2.31. The van der Waals surface area contributed by atoms with Crippen LogP contribution in [-0.2, 0) is 17.5 Å². The van der Waals surface area contributed by atoms with Crippen molar-refractivity contribution in [1.29, 1.82) is 0 Å². The van der Waals surface area contributed by atoms with Gasteiger partial charge in [-0.15, -0.1) is 0 Å². The molecule has 0 spiro atoms. The number of pyridine rings is 1. The van der Waals surface area contributed by atoms with E-state index in [2.05, 4.69) is 20.4 Å². The summed E-state index contributed by atoms with van der Waals surface area (Å²) in [5, 5.41) is 15.6. The number of alkyl halides is 3. The molecule has 2 aromatic heterocycles. The molecule has 0 bridgehead atoms. The van der Waals surface area contributed by atoms with Gasteiger partial charge in [0.2, 0.25) is 12.2 Å². The zero-order valence-electron chi connectivity index (χ0n) is 10.9. The Labute approximate surface area is 130 Å². The highest BCUT2D eigenvalue weighted by atomic mass is 35.5. The largest absolute Gasteiger partial charge is 0.490 e. The third-order valence-electron chi connectivity index (χ3n) is 2.42. The number of nitrogens with one attached hydrogen (secondary N) is 1. The maximum atomic E-state index is 12.5. The molecule has 0 aliphatic heterocycles. The first kappa shape index (κ1) is 16.6. The number of rotatable bonds is 4. The fraction of sp³-hybridized carbons (Fsp3) is 0.200. The van der Waals surface area contributed by atoms with Gasteiger partial charge in [0.25, 0.3) is 0 Å². The summed E-state index contributed by atoms with van der Waals surface area (Å²) in [6.07, 6.45) is -3.14. The maximum absolute atomic E-state index is 12.5. The Morgan fingerprint density at radius 3 is 2.65 bits per heavy atom. The van der Waals surface area contributed by atoms with Crippen LogP contribution in [0.1, 0.15) is 5.56 Å². The molecule has 0 aromatic carbocycles. The molecule has 2 aromatic rings. The number of carbonyl (C=O) groups is 1. The number of aromatic nitrogens is 4. The molecule has 13 heteroatoms. The average molecular weight is 351 g/mol. The van der Waals surface area contributed by atoms with Crippen LogP contribution in [-0.4, -0.2) is 30.6 Å². The lowest BCUT2D eigenvalue weighted by Crippen LogP contribution is -2.20. The lowest BCUT2D eigenvalue weighted by atomic mass is 10.3. The van der Waals surface area contributed by atoms with Gasteiger partial charge in [-0.1, -0.05) is 16.6 Å². The highest BCUT2D eigenvalue weighted by Crippen LogP contribution is 2.32. The van der Waals surface area contributed by atoms with E-state index in [0.717, 1.165) is 11.0 Å². The van der Waals surface area contributed by atoms with Crippen LogP contribution in [0.4, 0.5) is 24.9 Å². The number of hydrogen-bond donors (Lipinski definition) is 1. The van der Waals surface area contributed by atoms with Gasteiger partial charge in [0.15, 0.2) is 5.82 Å². The fourth-order valence-electron chi connectivity index (χ4n) is 1.45. The number of halogens is 4. The first-order valence-electron chi connectivity index (χ1n) is 5.73. The molecule has 1 amide bonds. The highest BCUT2D eigenvalue weighted by molar-refractivity contribution is 6.33. The molecule has 0 fully saturated rings. The molecule has 0 saturated carbocycles. The number of carbonyl (C=O) groups excluding carboxylic acids is 1. The second-order valence-corrected chi connectivity index (χ2v) is 4.51. The summed E-state index contributed by atoms with van der Waals surface area (Å²) >= 11 is 5.63. The third-order valence-corrected chi connectivity index (χ3v) is 2.71. The summed E-state index contributed by atoms with van der Waals surface area (Å²) in [6, 6.07) is 0.616. The predicted molar refractivity (Wildman–Crippen MR) is 69.6 cm³/mol. The molecular weight excluding hydrogens is 345 g/mol. The molecule has 0 aliphatic rings. The van der Waals surface area contributed by atoms with Crippen LogP contribution >= 0.6 is 11.6 Å². The zero-order valence-corrected chi connectivity index (χ0v) is 11.7. The summed E-state index contributed by atoms with van der Waals surface area (Å²) < 4.78 is 38.3. The Bertz CT molecular complexity index is 763. The van der Waals surface area contributed by atoms with Crippen LogP contribution < -0.4 is 5.32 Å². The molecule has 1 N–H and O–H groups in total. The molecule has 0 saturated heterocycles. The van der Waals surface area contributed by atoms with Gasteiger partial charge in [0.1, 0.15) is 6.54 Å². The molecule has 23 heavy (non-hydrogen) atoms. The van der Waals surface area contributed by atoms with E-state index in [0.29, 0.717) is 12.3 Å². The number of anilines is 1. The van der Waals surface area contributed by atoms with Crippen LogP contribution in [0.25, 0.3) is 0 Å². The third kappa shape index (κ3) is 4.12. The Hall–Kier alpha value is -2.76. The predicted octanol–water partition coefficient (Wildman–Crippen LogP) is 1.89. The number of nitrogens with zero attached hydrogens (tertiary/aromatic N) is 5. The maximum Gasteiger partial charge on any atom is 0.490 e. The van der Waals surface area contributed by atoms with Gasteiger partial charge >= 0.3 is 12.1 Å². The van der Waals surface area contributed by atoms with E-state index in [4.69, 9.17) is 11.6 Å². The monoisotopic (exact) mass is 350 g/mol. The fourth-order valence-corrected chi connectivity index (χ4v) is 1.66. The van der Waals surface area contributed by atoms with Crippen molar-refractivity contribution in [3.05, 3.63) is 39.3 Å². The lowest BCUT2D eigenvalue weighted by Gasteiger charge is -2.09. The number of nitro groups is 1. The van der Waals surface area contributed by atoms with E-state index < -0.39 is 40.1 Å². The molecule has 0 atom stereocenters. The average Bonchev–Trinajstić information content (AvgIpc) is 2.88. The van der Waals surface area contributed by atoms with Crippen molar-refractivity contribution >= 4 is 29.3 Å². The van der Waals surface area contributed by atoms with Gasteiger partial charge in [-0.3, -0.25) is 4.79 Å².